The predicted octanol–water partition coefficient (Wildman–Crippen LogP) is 3.58. The van der Waals surface area contributed by atoms with Gasteiger partial charge in [-0.3, -0.25) is 4.79 Å². The van der Waals surface area contributed by atoms with Gasteiger partial charge in [0.1, 0.15) is 0 Å². The van der Waals surface area contributed by atoms with E-state index < -0.39 is 0 Å². The standard InChI is InChI=1S/C18H29NO3/c1-5-21-16-9-8-15(13-17(16)22-6-2)11-12-19-18(20)10-7-14(3)4/h8-9,13-14H,5-7,10-12H2,1-4H3,(H,19,20). The van der Waals surface area contributed by atoms with Crippen molar-refractivity contribution in [3.05, 3.63) is 23.8 Å². The van der Waals surface area contributed by atoms with Crippen molar-refractivity contribution in [3.63, 3.8) is 0 Å². The Bertz CT molecular complexity index is 458. The third-order valence-electron chi connectivity index (χ3n) is 3.29. The highest BCUT2D eigenvalue weighted by Crippen LogP contribution is 2.28. The minimum absolute atomic E-state index is 0.129. The van der Waals surface area contributed by atoms with Crippen LogP contribution >= 0.6 is 0 Å². The maximum atomic E-state index is 11.7. The molecule has 22 heavy (non-hydrogen) atoms. The lowest BCUT2D eigenvalue weighted by atomic mass is 10.1. The van der Waals surface area contributed by atoms with Gasteiger partial charge < -0.3 is 14.8 Å². The molecule has 124 valence electrons. The second-order valence-electron chi connectivity index (χ2n) is 5.68. The normalized spacial score (nSPS) is 10.6. The van der Waals surface area contributed by atoms with Crippen LogP contribution in [0.4, 0.5) is 0 Å². The molecule has 0 aromatic heterocycles. The van der Waals surface area contributed by atoms with Crippen LogP contribution in [0.3, 0.4) is 0 Å². The average molecular weight is 307 g/mol. The van der Waals surface area contributed by atoms with Crippen molar-refractivity contribution in [3.8, 4) is 11.5 Å². The fraction of sp³-hybridized carbons (Fsp3) is 0.611. The first-order valence-corrected chi connectivity index (χ1v) is 8.22. The first-order valence-electron chi connectivity index (χ1n) is 8.22. The highest BCUT2D eigenvalue weighted by molar-refractivity contribution is 5.75. The van der Waals surface area contributed by atoms with E-state index in [-0.39, 0.29) is 5.91 Å². The van der Waals surface area contributed by atoms with Gasteiger partial charge in [0.25, 0.3) is 0 Å². The molecule has 0 aliphatic heterocycles. The summed E-state index contributed by atoms with van der Waals surface area (Å²) in [6, 6.07) is 5.95. The number of carbonyl (C=O) groups excluding carboxylic acids is 1. The van der Waals surface area contributed by atoms with Gasteiger partial charge in [0, 0.05) is 13.0 Å². The maximum absolute atomic E-state index is 11.7. The molecule has 1 aromatic rings. The molecule has 0 saturated heterocycles. The second-order valence-corrected chi connectivity index (χ2v) is 5.68. The van der Waals surface area contributed by atoms with E-state index >= 15 is 0 Å². The Morgan fingerprint density at radius 1 is 1.14 bits per heavy atom. The summed E-state index contributed by atoms with van der Waals surface area (Å²) in [5, 5.41) is 2.97. The highest BCUT2D eigenvalue weighted by Gasteiger charge is 2.07. The Labute approximate surface area is 134 Å². The summed E-state index contributed by atoms with van der Waals surface area (Å²) in [7, 11) is 0. The van der Waals surface area contributed by atoms with Crippen LogP contribution in [-0.2, 0) is 11.2 Å². The lowest BCUT2D eigenvalue weighted by molar-refractivity contribution is -0.121. The smallest absolute Gasteiger partial charge is 0.220 e. The number of amides is 1. The summed E-state index contributed by atoms with van der Waals surface area (Å²) in [6.45, 7) is 10.0. The first-order chi connectivity index (χ1) is 10.6. The molecule has 1 aromatic carbocycles. The molecule has 1 rings (SSSR count). The number of rotatable bonds is 10. The van der Waals surface area contributed by atoms with E-state index in [2.05, 4.69) is 19.2 Å². The van der Waals surface area contributed by atoms with E-state index in [4.69, 9.17) is 9.47 Å². The van der Waals surface area contributed by atoms with Crippen molar-refractivity contribution in [1.29, 1.82) is 0 Å². The number of hydrogen-bond donors (Lipinski definition) is 1. The number of benzene rings is 1. The van der Waals surface area contributed by atoms with Crippen molar-refractivity contribution in [2.45, 2.75) is 47.0 Å². The van der Waals surface area contributed by atoms with E-state index in [1.54, 1.807) is 0 Å². The summed E-state index contributed by atoms with van der Waals surface area (Å²) in [4.78, 5) is 11.7. The fourth-order valence-electron chi connectivity index (χ4n) is 2.11. The molecule has 1 amide bonds. The topological polar surface area (TPSA) is 47.6 Å². The zero-order valence-electron chi connectivity index (χ0n) is 14.3. The monoisotopic (exact) mass is 307 g/mol. The van der Waals surface area contributed by atoms with Crippen LogP contribution in [0.15, 0.2) is 18.2 Å². The molecule has 0 aliphatic carbocycles. The van der Waals surface area contributed by atoms with Crippen LogP contribution in [-0.4, -0.2) is 25.7 Å². The van der Waals surface area contributed by atoms with Crippen LogP contribution in [0.5, 0.6) is 11.5 Å². The number of hydrogen-bond acceptors (Lipinski definition) is 3. The first kappa shape index (κ1) is 18.3. The van der Waals surface area contributed by atoms with Gasteiger partial charge in [0.05, 0.1) is 13.2 Å². The molecule has 4 nitrogen and oxygen atoms in total. The molecular formula is C18H29NO3. The van der Waals surface area contributed by atoms with Gasteiger partial charge >= 0.3 is 0 Å². The average Bonchev–Trinajstić information content (AvgIpc) is 2.48. The third-order valence-corrected chi connectivity index (χ3v) is 3.29. The van der Waals surface area contributed by atoms with Gasteiger partial charge in [-0.15, -0.1) is 0 Å². The SMILES string of the molecule is CCOc1ccc(CCNC(=O)CCC(C)C)cc1OCC. The Balaban J connectivity index is 2.48. The summed E-state index contributed by atoms with van der Waals surface area (Å²) >= 11 is 0. The minimum Gasteiger partial charge on any atom is -0.490 e. The minimum atomic E-state index is 0.129. The molecule has 0 heterocycles. The number of carbonyl (C=O) groups is 1. The summed E-state index contributed by atoms with van der Waals surface area (Å²) in [5.74, 6) is 2.23. The molecular weight excluding hydrogens is 278 g/mol. The number of nitrogens with one attached hydrogen (secondary N) is 1. The summed E-state index contributed by atoms with van der Waals surface area (Å²) in [6.07, 6.45) is 2.33. The lowest BCUT2D eigenvalue weighted by Crippen LogP contribution is -2.25. The van der Waals surface area contributed by atoms with Crippen LogP contribution < -0.4 is 14.8 Å². The van der Waals surface area contributed by atoms with Crippen LogP contribution in [0.25, 0.3) is 0 Å². The largest absolute Gasteiger partial charge is 0.490 e. The second kappa shape index (κ2) is 10.1. The van der Waals surface area contributed by atoms with Gasteiger partial charge in [-0.05, 0) is 50.3 Å². The van der Waals surface area contributed by atoms with Crippen molar-refractivity contribution >= 4 is 5.91 Å². The van der Waals surface area contributed by atoms with Gasteiger partial charge in [0.15, 0.2) is 11.5 Å². The van der Waals surface area contributed by atoms with E-state index in [0.29, 0.717) is 32.1 Å². The molecule has 0 aliphatic rings. The van der Waals surface area contributed by atoms with E-state index in [1.165, 1.54) is 0 Å². The van der Waals surface area contributed by atoms with Crippen LogP contribution in [0.2, 0.25) is 0 Å². The van der Waals surface area contributed by atoms with Crippen molar-refractivity contribution in [2.24, 2.45) is 5.92 Å². The van der Waals surface area contributed by atoms with E-state index in [9.17, 15) is 4.79 Å². The maximum Gasteiger partial charge on any atom is 0.220 e. The Kier molecular flexibility index (Phi) is 8.41. The summed E-state index contributed by atoms with van der Waals surface area (Å²) < 4.78 is 11.2. The molecule has 1 N–H and O–H groups in total. The zero-order valence-corrected chi connectivity index (χ0v) is 14.3. The van der Waals surface area contributed by atoms with Crippen LogP contribution in [0, 0.1) is 5.92 Å². The van der Waals surface area contributed by atoms with Gasteiger partial charge in [-0.25, -0.2) is 0 Å². The molecule has 0 atom stereocenters. The number of ether oxygens (including phenoxy) is 2. The molecule has 0 saturated carbocycles. The molecule has 0 bridgehead atoms. The van der Waals surface area contributed by atoms with Crippen molar-refractivity contribution in [1.82, 2.24) is 5.32 Å². The molecule has 0 unspecified atom stereocenters. The molecule has 0 spiro atoms. The lowest BCUT2D eigenvalue weighted by Gasteiger charge is -2.12. The Morgan fingerprint density at radius 2 is 1.82 bits per heavy atom. The quantitative estimate of drug-likeness (QED) is 0.719. The third kappa shape index (κ3) is 6.83. The van der Waals surface area contributed by atoms with Gasteiger partial charge in [-0.2, -0.15) is 0 Å². The molecule has 0 radical (unpaired) electrons. The Hall–Kier alpha value is -1.71. The molecule has 4 heteroatoms. The Morgan fingerprint density at radius 3 is 2.45 bits per heavy atom. The van der Waals surface area contributed by atoms with E-state index in [1.807, 2.05) is 32.0 Å². The van der Waals surface area contributed by atoms with Crippen molar-refractivity contribution in [2.75, 3.05) is 19.8 Å². The predicted molar refractivity (Wildman–Crippen MR) is 89.6 cm³/mol. The highest BCUT2D eigenvalue weighted by atomic mass is 16.5. The van der Waals surface area contributed by atoms with Crippen LogP contribution in [0.1, 0.15) is 46.1 Å². The van der Waals surface area contributed by atoms with Gasteiger partial charge in [0.2, 0.25) is 5.91 Å². The summed E-state index contributed by atoms with van der Waals surface area (Å²) in [5.41, 5.74) is 1.14. The van der Waals surface area contributed by atoms with Gasteiger partial charge in [-0.1, -0.05) is 19.9 Å². The fourth-order valence-corrected chi connectivity index (χ4v) is 2.11. The van der Waals surface area contributed by atoms with Crippen molar-refractivity contribution < 1.29 is 14.3 Å². The van der Waals surface area contributed by atoms with E-state index in [0.717, 1.165) is 29.9 Å². The molecule has 0 fully saturated rings. The zero-order chi connectivity index (χ0) is 16.4.